The van der Waals surface area contributed by atoms with Gasteiger partial charge in [-0.05, 0) is 36.5 Å². The van der Waals surface area contributed by atoms with Crippen molar-refractivity contribution in [2.45, 2.75) is 37.8 Å². The number of aromatic nitrogens is 4. The van der Waals surface area contributed by atoms with Crippen LogP contribution in [0.1, 0.15) is 42.7 Å². The summed E-state index contributed by atoms with van der Waals surface area (Å²) in [6.45, 7) is 0. The summed E-state index contributed by atoms with van der Waals surface area (Å²) in [6, 6.07) is 2.89. The van der Waals surface area contributed by atoms with Crippen molar-refractivity contribution in [1.29, 1.82) is 0 Å². The third-order valence-corrected chi connectivity index (χ3v) is 5.23. The average Bonchev–Trinajstić information content (AvgIpc) is 3.22. The minimum atomic E-state index is -4.46. The number of pyridine rings is 2. The van der Waals surface area contributed by atoms with Crippen molar-refractivity contribution in [3.63, 3.8) is 0 Å². The van der Waals surface area contributed by atoms with Gasteiger partial charge in [-0.2, -0.15) is 13.2 Å². The molecule has 3 aromatic heterocycles. The van der Waals surface area contributed by atoms with E-state index in [9.17, 15) is 13.2 Å². The summed E-state index contributed by atoms with van der Waals surface area (Å²) in [6.07, 6.45) is 2.83. The van der Waals surface area contributed by atoms with Gasteiger partial charge in [0.2, 0.25) is 0 Å². The lowest BCUT2D eigenvalue weighted by molar-refractivity contribution is -0.137. The summed E-state index contributed by atoms with van der Waals surface area (Å²) in [5, 5.41) is 0.448. The van der Waals surface area contributed by atoms with Crippen molar-refractivity contribution in [1.82, 2.24) is 19.5 Å². The minimum Gasteiger partial charge on any atom is -0.310 e. The Labute approximate surface area is 153 Å². The molecule has 0 N–H and O–H groups in total. The summed E-state index contributed by atoms with van der Waals surface area (Å²) >= 11 is 6.43. The summed E-state index contributed by atoms with van der Waals surface area (Å²) < 4.78 is 40.3. The molecule has 3 heterocycles. The zero-order valence-electron chi connectivity index (χ0n) is 14.0. The topological polar surface area (TPSA) is 43.6 Å². The number of alkyl halides is 3. The number of imidazole rings is 1. The third kappa shape index (κ3) is 2.94. The molecule has 8 heteroatoms. The van der Waals surface area contributed by atoms with Crippen LogP contribution in [0.3, 0.4) is 0 Å². The van der Waals surface area contributed by atoms with Gasteiger partial charge in [0.1, 0.15) is 11.2 Å². The first kappa shape index (κ1) is 17.3. The number of nitrogens with zero attached hydrogens (tertiary/aromatic N) is 4. The van der Waals surface area contributed by atoms with Gasteiger partial charge in [0.25, 0.3) is 0 Å². The second-order valence-electron chi connectivity index (χ2n) is 6.64. The summed E-state index contributed by atoms with van der Waals surface area (Å²) in [4.78, 5) is 12.7. The quantitative estimate of drug-likeness (QED) is 0.601. The maximum Gasteiger partial charge on any atom is 0.417 e. The summed E-state index contributed by atoms with van der Waals surface area (Å²) in [7, 11) is 1.69. The SMILES string of the molecule is Cn1c(-c2ncc(C3CCCC3)cc2Cl)nc2cc(C(F)(F)F)cnc21. The molecule has 0 saturated heterocycles. The lowest BCUT2D eigenvalue weighted by atomic mass is 9.99. The van der Waals surface area contributed by atoms with Crippen LogP contribution in [0.25, 0.3) is 22.7 Å². The average molecular weight is 381 g/mol. The molecule has 26 heavy (non-hydrogen) atoms. The van der Waals surface area contributed by atoms with Crippen LogP contribution in [-0.4, -0.2) is 19.5 Å². The van der Waals surface area contributed by atoms with Gasteiger partial charge in [-0.25, -0.2) is 9.97 Å². The summed E-state index contributed by atoms with van der Waals surface area (Å²) in [5.74, 6) is 0.875. The van der Waals surface area contributed by atoms with E-state index in [-0.39, 0.29) is 5.52 Å². The van der Waals surface area contributed by atoms with Crippen molar-refractivity contribution in [3.05, 3.63) is 40.7 Å². The van der Waals surface area contributed by atoms with E-state index in [1.54, 1.807) is 17.8 Å². The molecule has 1 fully saturated rings. The molecule has 0 spiro atoms. The van der Waals surface area contributed by atoms with Crippen molar-refractivity contribution in [2.75, 3.05) is 0 Å². The van der Waals surface area contributed by atoms with E-state index in [0.29, 0.717) is 28.1 Å². The van der Waals surface area contributed by atoms with Crippen molar-refractivity contribution < 1.29 is 13.2 Å². The van der Waals surface area contributed by atoms with E-state index < -0.39 is 11.7 Å². The van der Waals surface area contributed by atoms with Gasteiger partial charge >= 0.3 is 6.18 Å². The highest BCUT2D eigenvalue weighted by Gasteiger charge is 2.32. The Morgan fingerprint density at radius 3 is 2.50 bits per heavy atom. The number of rotatable bonds is 2. The zero-order chi connectivity index (χ0) is 18.5. The lowest BCUT2D eigenvalue weighted by Gasteiger charge is -2.11. The van der Waals surface area contributed by atoms with Gasteiger partial charge in [-0.1, -0.05) is 24.4 Å². The molecular formula is C18H16ClF3N4. The van der Waals surface area contributed by atoms with E-state index in [4.69, 9.17) is 11.6 Å². The fourth-order valence-electron chi connectivity index (χ4n) is 3.54. The van der Waals surface area contributed by atoms with Crippen LogP contribution in [0, 0.1) is 0 Å². The Hall–Kier alpha value is -2.15. The normalized spacial score (nSPS) is 15.9. The molecule has 1 aliphatic rings. The third-order valence-electron chi connectivity index (χ3n) is 4.94. The first-order chi connectivity index (χ1) is 12.3. The molecule has 4 rings (SSSR count). The van der Waals surface area contributed by atoms with Gasteiger partial charge in [-0.3, -0.25) is 4.98 Å². The molecule has 0 aromatic carbocycles. The maximum absolute atomic E-state index is 12.9. The molecule has 0 unspecified atom stereocenters. The second kappa shape index (κ2) is 6.23. The van der Waals surface area contributed by atoms with E-state index in [0.717, 1.165) is 30.7 Å². The van der Waals surface area contributed by atoms with Crippen molar-refractivity contribution in [2.24, 2.45) is 7.05 Å². The second-order valence-corrected chi connectivity index (χ2v) is 7.05. The molecule has 4 nitrogen and oxygen atoms in total. The van der Waals surface area contributed by atoms with E-state index >= 15 is 0 Å². The molecule has 0 atom stereocenters. The fourth-order valence-corrected chi connectivity index (χ4v) is 3.80. The lowest BCUT2D eigenvalue weighted by Crippen LogP contribution is -2.05. The number of halogens is 4. The molecule has 0 bridgehead atoms. The highest BCUT2D eigenvalue weighted by molar-refractivity contribution is 6.33. The van der Waals surface area contributed by atoms with Crippen LogP contribution < -0.4 is 0 Å². The van der Waals surface area contributed by atoms with Gasteiger partial charge in [0.05, 0.1) is 10.6 Å². The maximum atomic E-state index is 12.9. The van der Waals surface area contributed by atoms with E-state index in [2.05, 4.69) is 15.0 Å². The monoisotopic (exact) mass is 380 g/mol. The van der Waals surface area contributed by atoms with E-state index in [1.165, 1.54) is 12.8 Å². The Balaban J connectivity index is 1.77. The fraction of sp³-hybridized carbons (Fsp3) is 0.389. The van der Waals surface area contributed by atoms with E-state index in [1.807, 2.05) is 6.07 Å². The van der Waals surface area contributed by atoms with Crippen LogP contribution in [0.2, 0.25) is 5.02 Å². The number of fused-ring (bicyclic) bond motifs is 1. The van der Waals surface area contributed by atoms with Gasteiger partial charge in [-0.15, -0.1) is 0 Å². The van der Waals surface area contributed by atoms with Crippen LogP contribution >= 0.6 is 11.6 Å². The van der Waals surface area contributed by atoms with Gasteiger partial charge in [0.15, 0.2) is 11.5 Å². The summed E-state index contributed by atoms with van der Waals surface area (Å²) in [5.41, 5.74) is 1.24. The Morgan fingerprint density at radius 1 is 1.12 bits per heavy atom. The molecule has 1 saturated carbocycles. The predicted octanol–water partition coefficient (Wildman–Crippen LogP) is 5.36. The van der Waals surface area contributed by atoms with Gasteiger partial charge in [0, 0.05) is 19.4 Å². The standard InChI is InChI=1S/C18H16ClF3N4/c1-26-16-14(7-12(9-24-16)18(20,21)22)25-17(26)15-13(19)6-11(8-23-15)10-4-2-3-5-10/h6-10H,2-5H2,1H3. The Kier molecular flexibility index (Phi) is 4.14. The highest BCUT2D eigenvalue weighted by atomic mass is 35.5. The zero-order valence-corrected chi connectivity index (χ0v) is 14.8. The predicted molar refractivity (Wildman–Crippen MR) is 93.0 cm³/mol. The first-order valence-corrected chi connectivity index (χ1v) is 8.78. The molecule has 0 amide bonds. The number of aryl methyl sites for hydroxylation is 1. The number of hydrogen-bond donors (Lipinski definition) is 0. The Morgan fingerprint density at radius 2 is 1.85 bits per heavy atom. The molecule has 1 aliphatic carbocycles. The Bertz CT molecular complexity index is 974. The van der Waals surface area contributed by atoms with Gasteiger partial charge < -0.3 is 4.57 Å². The molecule has 3 aromatic rings. The van der Waals surface area contributed by atoms with Crippen molar-refractivity contribution in [3.8, 4) is 11.5 Å². The minimum absolute atomic E-state index is 0.162. The first-order valence-electron chi connectivity index (χ1n) is 8.40. The van der Waals surface area contributed by atoms with Crippen LogP contribution in [-0.2, 0) is 13.2 Å². The van der Waals surface area contributed by atoms with Crippen LogP contribution in [0.4, 0.5) is 13.2 Å². The smallest absolute Gasteiger partial charge is 0.310 e. The number of hydrogen-bond acceptors (Lipinski definition) is 3. The van der Waals surface area contributed by atoms with Crippen LogP contribution in [0.5, 0.6) is 0 Å². The largest absolute Gasteiger partial charge is 0.417 e. The molecule has 136 valence electrons. The molecular weight excluding hydrogens is 365 g/mol. The highest BCUT2D eigenvalue weighted by Crippen LogP contribution is 2.37. The van der Waals surface area contributed by atoms with Crippen molar-refractivity contribution >= 4 is 22.8 Å². The molecule has 0 radical (unpaired) electrons. The van der Waals surface area contributed by atoms with Crippen LogP contribution in [0.15, 0.2) is 24.5 Å². The molecule has 0 aliphatic heterocycles.